The maximum Gasteiger partial charge on any atom is 0.419 e. The van der Waals surface area contributed by atoms with Crippen LogP contribution in [0.5, 0.6) is 5.75 Å². The van der Waals surface area contributed by atoms with E-state index in [9.17, 15) is 27.6 Å². The summed E-state index contributed by atoms with van der Waals surface area (Å²) in [6.45, 7) is 0.664. The molecule has 40 heavy (non-hydrogen) atoms. The number of nitrogens with one attached hydrogen (secondary N) is 2. The zero-order valence-electron chi connectivity index (χ0n) is 21.1. The fourth-order valence-corrected chi connectivity index (χ4v) is 3.92. The Kier molecular flexibility index (Phi) is 6.75. The van der Waals surface area contributed by atoms with E-state index in [2.05, 4.69) is 25.5 Å². The van der Waals surface area contributed by atoms with E-state index in [1.165, 1.54) is 34.9 Å². The molecule has 0 saturated carbocycles. The van der Waals surface area contributed by atoms with E-state index in [1.54, 1.807) is 25.2 Å². The Labute approximate surface area is 223 Å². The van der Waals surface area contributed by atoms with Crippen molar-refractivity contribution in [2.75, 3.05) is 0 Å². The summed E-state index contributed by atoms with van der Waals surface area (Å²) in [5.74, 6) is -2.76. The lowest BCUT2D eigenvalue weighted by atomic mass is 10.2. The molecule has 0 atom stereocenters. The first-order chi connectivity index (χ1) is 19.0. The first kappa shape index (κ1) is 26.5. The van der Waals surface area contributed by atoms with E-state index in [4.69, 9.17) is 4.42 Å². The molecule has 14 heteroatoms. The minimum atomic E-state index is -3.33. The molecule has 0 unspecified atom stereocenters. The minimum Gasteiger partial charge on any atom is -0.433 e. The quantitative estimate of drug-likeness (QED) is 0.301. The summed E-state index contributed by atoms with van der Waals surface area (Å²) in [5.41, 5.74) is 1.47. The van der Waals surface area contributed by atoms with Gasteiger partial charge in [0.05, 0.1) is 11.7 Å². The summed E-state index contributed by atoms with van der Waals surface area (Å²) >= 11 is 0. The summed E-state index contributed by atoms with van der Waals surface area (Å²) in [6.07, 6.45) is -2.47. The molecule has 0 bridgehead atoms. The van der Waals surface area contributed by atoms with Crippen molar-refractivity contribution in [3.63, 3.8) is 0 Å². The van der Waals surface area contributed by atoms with Gasteiger partial charge in [0.1, 0.15) is 17.1 Å². The average molecular weight is 554 g/mol. The van der Waals surface area contributed by atoms with Gasteiger partial charge in [0.15, 0.2) is 17.0 Å². The molecule has 0 saturated heterocycles. The third-order valence-electron chi connectivity index (χ3n) is 5.88. The molecular weight excluding hydrogens is 533 g/mol. The van der Waals surface area contributed by atoms with Crippen molar-refractivity contribution in [1.82, 2.24) is 29.8 Å². The van der Waals surface area contributed by atoms with Crippen LogP contribution in [0.1, 0.15) is 39.0 Å². The van der Waals surface area contributed by atoms with Gasteiger partial charge in [0.2, 0.25) is 0 Å². The van der Waals surface area contributed by atoms with Gasteiger partial charge in [-0.3, -0.25) is 14.2 Å². The molecular formula is C26H21F3N6O5. The third-order valence-corrected chi connectivity index (χ3v) is 5.88. The number of hydrogen-bond acceptors (Lipinski definition) is 7. The molecule has 0 radical (unpaired) electrons. The number of aryl methyl sites for hydroxylation is 1. The smallest absolute Gasteiger partial charge is 0.419 e. The molecule has 0 aliphatic rings. The molecule has 2 N–H and O–H groups in total. The molecule has 2 aromatic carbocycles. The maximum absolute atomic E-state index is 14.4. The maximum atomic E-state index is 14.4. The van der Waals surface area contributed by atoms with Crippen LogP contribution in [0.2, 0.25) is 0 Å². The lowest BCUT2D eigenvalue weighted by molar-refractivity contribution is -0.158. The number of amides is 2. The number of rotatable bonds is 8. The van der Waals surface area contributed by atoms with Crippen LogP contribution in [0.25, 0.3) is 16.7 Å². The van der Waals surface area contributed by atoms with E-state index in [0.29, 0.717) is 29.2 Å². The fourth-order valence-electron chi connectivity index (χ4n) is 3.92. The average Bonchev–Trinajstić information content (AvgIpc) is 3.43. The van der Waals surface area contributed by atoms with E-state index in [-0.39, 0.29) is 35.9 Å². The van der Waals surface area contributed by atoms with Crippen molar-refractivity contribution in [2.45, 2.75) is 26.1 Å². The van der Waals surface area contributed by atoms with Gasteiger partial charge in [0, 0.05) is 33.1 Å². The summed E-state index contributed by atoms with van der Waals surface area (Å²) in [6, 6.07) is 11.8. The van der Waals surface area contributed by atoms with Crippen LogP contribution in [0.3, 0.4) is 0 Å². The van der Waals surface area contributed by atoms with Crippen molar-refractivity contribution in [3.05, 3.63) is 93.6 Å². The Bertz CT molecular complexity index is 1800. The van der Waals surface area contributed by atoms with E-state index in [1.807, 2.05) is 0 Å². The molecule has 0 aliphatic carbocycles. The predicted octanol–water partition coefficient (Wildman–Crippen LogP) is 3.16. The lowest BCUT2D eigenvalue weighted by Gasteiger charge is -2.13. The van der Waals surface area contributed by atoms with Gasteiger partial charge in [-0.15, -0.1) is 0 Å². The number of hydrogen-bond donors (Lipinski definition) is 2. The van der Waals surface area contributed by atoms with Crippen LogP contribution in [0.4, 0.5) is 13.2 Å². The molecule has 3 heterocycles. The number of halogens is 3. The molecule has 0 fully saturated rings. The second-order valence-electron chi connectivity index (χ2n) is 8.90. The van der Waals surface area contributed by atoms with Gasteiger partial charge in [-0.1, -0.05) is 18.2 Å². The van der Waals surface area contributed by atoms with Crippen LogP contribution in [-0.2, 0) is 20.1 Å². The van der Waals surface area contributed by atoms with Crippen LogP contribution in [0.15, 0.2) is 63.9 Å². The number of carbonyl (C=O) groups excluding carboxylic acids is 2. The van der Waals surface area contributed by atoms with Crippen LogP contribution in [-0.4, -0.2) is 37.1 Å². The molecule has 206 valence electrons. The third kappa shape index (κ3) is 5.50. The second-order valence-corrected chi connectivity index (χ2v) is 8.90. The van der Waals surface area contributed by atoms with Gasteiger partial charge >= 0.3 is 11.9 Å². The largest absolute Gasteiger partial charge is 0.433 e. The van der Waals surface area contributed by atoms with Gasteiger partial charge < -0.3 is 19.8 Å². The fraction of sp³-hybridized carbons (Fsp3) is 0.192. The van der Waals surface area contributed by atoms with Crippen molar-refractivity contribution >= 4 is 28.6 Å². The Morgan fingerprint density at radius 3 is 2.42 bits per heavy atom. The summed E-state index contributed by atoms with van der Waals surface area (Å²) < 4.78 is 52.3. The molecule has 11 nitrogen and oxygen atoms in total. The number of ether oxygens (including phenoxy) is 1. The number of nitrogens with zero attached hydrogens (tertiary/aromatic N) is 4. The van der Waals surface area contributed by atoms with E-state index in [0.717, 1.165) is 10.7 Å². The lowest BCUT2D eigenvalue weighted by Crippen LogP contribution is -2.28. The number of oxazole rings is 1. The monoisotopic (exact) mass is 554 g/mol. The van der Waals surface area contributed by atoms with Gasteiger partial charge in [-0.05, 0) is 35.4 Å². The first-order valence-corrected chi connectivity index (χ1v) is 11.8. The molecule has 0 aliphatic heterocycles. The Morgan fingerprint density at radius 2 is 1.70 bits per heavy atom. The van der Waals surface area contributed by atoms with Crippen LogP contribution in [0, 0.1) is 5.82 Å². The highest BCUT2D eigenvalue weighted by Crippen LogP contribution is 2.21. The summed E-state index contributed by atoms with van der Waals surface area (Å²) in [7, 11) is 1.56. The molecule has 5 aromatic rings. The summed E-state index contributed by atoms with van der Waals surface area (Å²) in [4.78, 5) is 41.6. The summed E-state index contributed by atoms with van der Waals surface area (Å²) in [5, 5.41) is 9.12. The van der Waals surface area contributed by atoms with Crippen molar-refractivity contribution < 1.29 is 31.9 Å². The van der Waals surface area contributed by atoms with E-state index < -0.39 is 29.5 Å². The van der Waals surface area contributed by atoms with Crippen LogP contribution < -0.4 is 21.1 Å². The highest BCUT2D eigenvalue weighted by Gasteiger charge is 2.23. The standard InChI is InChI=1S/C26H21F3N6O5/c1-26(28,29)40-16-6-3-14(4-7-16)11-31-24(37)20-10-18(33-22-17(27)13-32-35(20)22)23(36)30-12-15-5-8-21-19(9-15)34(2)25(38)39-21/h3-10,13H,11-12H2,1-2H3,(H,30,36)(H,31,37). The van der Waals surface area contributed by atoms with E-state index >= 15 is 0 Å². The van der Waals surface area contributed by atoms with Crippen molar-refractivity contribution in [1.29, 1.82) is 0 Å². The topological polar surface area (TPSA) is 133 Å². The predicted molar refractivity (Wildman–Crippen MR) is 134 cm³/mol. The zero-order chi connectivity index (χ0) is 28.6. The minimum absolute atomic E-state index is 0.00425. The number of carbonyl (C=O) groups is 2. The normalized spacial score (nSPS) is 11.6. The number of aromatic nitrogens is 4. The van der Waals surface area contributed by atoms with Crippen LogP contribution >= 0.6 is 0 Å². The Morgan fingerprint density at radius 1 is 1.02 bits per heavy atom. The molecule has 2 amide bonds. The van der Waals surface area contributed by atoms with Gasteiger partial charge in [-0.25, -0.2) is 18.7 Å². The molecule has 0 spiro atoms. The second kappa shape index (κ2) is 10.2. The molecule has 3 aromatic heterocycles. The number of benzene rings is 2. The highest BCUT2D eigenvalue weighted by molar-refractivity contribution is 5.98. The van der Waals surface area contributed by atoms with Crippen molar-refractivity contribution in [3.8, 4) is 5.75 Å². The Balaban J connectivity index is 1.32. The number of alkyl halides is 2. The first-order valence-electron chi connectivity index (χ1n) is 11.8. The zero-order valence-corrected chi connectivity index (χ0v) is 21.1. The van der Waals surface area contributed by atoms with Crippen molar-refractivity contribution in [2.24, 2.45) is 7.05 Å². The van der Waals surface area contributed by atoms with Gasteiger partial charge in [0.25, 0.3) is 11.8 Å². The SMILES string of the molecule is Cn1c(=O)oc2ccc(CNC(=O)c3cc(C(=O)NCc4ccc(OC(C)(F)F)cc4)n4ncc(F)c4n3)cc21. The Hall–Kier alpha value is -5.14. The van der Waals surface area contributed by atoms with Gasteiger partial charge in [-0.2, -0.15) is 13.9 Å². The number of fused-ring (bicyclic) bond motifs is 2. The highest BCUT2D eigenvalue weighted by atomic mass is 19.3. The molecule has 5 rings (SSSR count).